The summed E-state index contributed by atoms with van der Waals surface area (Å²) in [4.78, 5) is 24.3. The molecule has 0 aromatic carbocycles. The van der Waals surface area contributed by atoms with E-state index in [9.17, 15) is 4.79 Å². The lowest BCUT2D eigenvalue weighted by Crippen LogP contribution is -2.36. The summed E-state index contributed by atoms with van der Waals surface area (Å²) in [5, 5.41) is 7.73. The van der Waals surface area contributed by atoms with Gasteiger partial charge in [0.15, 0.2) is 5.82 Å². The second-order valence-corrected chi connectivity index (χ2v) is 7.92. The SMILES string of the molecule is CN(Cc1nc2c(s1)CCCC2)C(=O)NCc1noc(C2CCCO2)n1. The van der Waals surface area contributed by atoms with E-state index in [2.05, 4.69) is 20.4 Å². The van der Waals surface area contributed by atoms with Crippen molar-refractivity contribution >= 4 is 17.4 Å². The number of hydrogen-bond donors (Lipinski definition) is 1. The van der Waals surface area contributed by atoms with Crippen molar-refractivity contribution in [3.8, 4) is 0 Å². The maximum Gasteiger partial charge on any atom is 0.317 e. The Kier molecular flexibility index (Phi) is 5.16. The van der Waals surface area contributed by atoms with Crippen LogP contribution in [0.1, 0.15) is 59.1 Å². The van der Waals surface area contributed by atoms with Crippen LogP contribution in [0, 0.1) is 0 Å². The van der Waals surface area contributed by atoms with Gasteiger partial charge in [-0.3, -0.25) is 0 Å². The van der Waals surface area contributed by atoms with E-state index in [4.69, 9.17) is 9.26 Å². The van der Waals surface area contributed by atoms with Crippen molar-refractivity contribution in [2.75, 3.05) is 13.7 Å². The van der Waals surface area contributed by atoms with E-state index in [0.29, 0.717) is 18.3 Å². The molecule has 26 heavy (non-hydrogen) atoms. The quantitative estimate of drug-likeness (QED) is 0.861. The van der Waals surface area contributed by atoms with Crippen LogP contribution in [-0.4, -0.2) is 39.7 Å². The highest BCUT2D eigenvalue weighted by atomic mass is 32.1. The van der Waals surface area contributed by atoms with Gasteiger partial charge in [0.25, 0.3) is 5.89 Å². The van der Waals surface area contributed by atoms with Crippen molar-refractivity contribution in [3.63, 3.8) is 0 Å². The molecule has 3 heterocycles. The van der Waals surface area contributed by atoms with Crippen LogP contribution < -0.4 is 5.32 Å². The first-order valence-electron chi connectivity index (χ1n) is 9.09. The van der Waals surface area contributed by atoms with Gasteiger partial charge < -0.3 is 19.5 Å². The highest BCUT2D eigenvalue weighted by Gasteiger charge is 2.24. The van der Waals surface area contributed by atoms with Crippen molar-refractivity contribution in [1.82, 2.24) is 25.3 Å². The molecule has 2 aromatic heterocycles. The van der Waals surface area contributed by atoms with Crippen molar-refractivity contribution < 1.29 is 14.1 Å². The van der Waals surface area contributed by atoms with Gasteiger partial charge in [0.05, 0.1) is 18.8 Å². The predicted molar refractivity (Wildman–Crippen MR) is 94.7 cm³/mol. The van der Waals surface area contributed by atoms with Crippen LogP contribution in [0.5, 0.6) is 0 Å². The minimum absolute atomic E-state index is 0.106. The molecule has 1 saturated heterocycles. The predicted octanol–water partition coefficient (Wildman–Crippen LogP) is 2.60. The van der Waals surface area contributed by atoms with Gasteiger partial charge in [0, 0.05) is 18.5 Å². The van der Waals surface area contributed by atoms with E-state index < -0.39 is 0 Å². The Labute approximate surface area is 155 Å². The number of hydrogen-bond acceptors (Lipinski definition) is 7. The first-order valence-corrected chi connectivity index (χ1v) is 9.91. The molecule has 1 aliphatic carbocycles. The molecule has 1 unspecified atom stereocenters. The summed E-state index contributed by atoms with van der Waals surface area (Å²) in [6.45, 7) is 1.47. The zero-order valence-corrected chi connectivity index (χ0v) is 15.7. The van der Waals surface area contributed by atoms with Crippen molar-refractivity contribution in [2.45, 2.75) is 57.7 Å². The van der Waals surface area contributed by atoms with E-state index in [1.165, 1.54) is 23.4 Å². The van der Waals surface area contributed by atoms with Gasteiger partial charge >= 0.3 is 6.03 Å². The molecule has 2 amide bonds. The van der Waals surface area contributed by atoms with Crippen LogP contribution >= 0.6 is 11.3 Å². The molecular weight excluding hydrogens is 354 g/mol. The van der Waals surface area contributed by atoms with Crippen LogP contribution in [0.3, 0.4) is 0 Å². The molecule has 0 saturated carbocycles. The Morgan fingerprint density at radius 1 is 1.31 bits per heavy atom. The number of fused-ring (bicyclic) bond motifs is 1. The Morgan fingerprint density at radius 3 is 3.00 bits per heavy atom. The van der Waals surface area contributed by atoms with E-state index in [1.54, 1.807) is 23.3 Å². The lowest BCUT2D eigenvalue weighted by Gasteiger charge is -2.15. The third-order valence-electron chi connectivity index (χ3n) is 4.70. The average molecular weight is 377 g/mol. The number of ether oxygens (including phenoxy) is 1. The van der Waals surface area contributed by atoms with E-state index in [1.807, 2.05) is 0 Å². The van der Waals surface area contributed by atoms with Gasteiger partial charge in [0.2, 0.25) is 0 Å². The largest absolute Gasteiger partial charge is 0.368 e. The highest BCUT2D eigenvalue weighted by molar-refractivity contribution is 7.11. The molecule has 1 aliphatic heterocycles. The van der Waals surface area contributed by atoms with Crippen molar-refractivity contribution in [2.24, 2.45) is 0 Å². The molecule has 1 atom stereocenters. The molecule has 2 aliphatic rings. The minimum atomic E-state index is -0.179. The third kappa shape index (κ3) is 3.88. The molecule has 1 fully saturated rings. The van der Waals surface area contributed by atoms with E-state index in [0.717, 1.165) is 37.3 Å². The Bertz CT molecular complexity index is 745. The summed E-state index contributed by atoms with van der Waals surface area (Å²) < 4.78 is 10.7. The van der Waals surface area contributed by atoms with Crippen molar-refractivity contribution in [3.05, 3.63) is 27.3 Å². The number of carbonyl (C=O) groups excluding carboxylic acids is 1. The Morgan fingerprint density at radius 2 is 2.19 bits per heavy atom. The number of nitrogens with one attached hydrogen (secondary N) is 1. The zero-order chi connectivity index (χ0) is 17.9. The number of amides is 2. The summed E-state index contributed by atoms with van der Waals surface area (Å²) in [6, 6.07) is -0.179. The summed E-state index contributed by atoms with van der Waals surface area (Å²) >= 11 is 1.73. The second kappa shape index (κ2) is 7.71. The van der Waals surface area contributed by atoms with Gasteiger partial charge in [-0.1, -0.05) is 5.16 Å². The molecule has 140 valence electrons. The van der Waals surface area contributed by atoms with Crippen LogP contribution in [0.25, 0.3) is 0 Å². The summed E-state index contributed by atoms with van der Waals surface area (Å²) in [7, 11) is 1.77. The number of urea groups is 1. The number of rotatable bonds is 5. The maximum absolute atomic E-state index is 12.3. The molecule has 0 spiro atoms. The molecule has 9 heteroatoms. The van der Waals surface area contributed by atoms with E-state index >= 15 is 0 Å². The van der Waals surface area contributed by atoms with Gasteiger partial charge in [-0.25, -0.2) is 9.78 Å². The molecule has 0 radical (unpaired) electrons. The summed E-state index contributed by atoms with van der Waals surface area (Å²) in [6.07, 6.45) is 6.43. The molecule has 8 nitrogen and oxygen atoms in total. The zero-order valence-electron chi connectivity index (χ0n) is 14.9. The summed E-state index contributed by atoms with van der Waals surface area (Å²) in [5.41, 5.74) is 1.22. The fourth-order valence-electron chi connectivity index (χ4n) is 3.28. The van der Waals surface area contributed by atoms with Gasteiger partial charge in [-0.15, -0.1) is 11.3 Å². The van der Waals surface area contributed by atoms with Gasteiger partial charge in [-0.05, 0) is 38.5 Å². The van der Waals surface area contributed by atoms with Crippen LogP contribution in [0.2, 0.25) is 0 Å². The first-order chi connectivity index (χ1) is 12.7. The van der Waals surface area contributed by atoms with Crippen LogP contribution in [0.4, 0.5) is 4.79 Å². The molecular formula is C17H23N5O3S. The monoisotopic (exact) mass is 377 g/mol. The lowest BCUT2D eigenvalue weighted by molar-refractivity contribution is 0.0835. The Balaban J connectivity index is 1.28. The third-order valence-corrected chi connectivity index (χ3v) is 5.84. The number of nitrogens with zero attached hydrogens (tertiary/aromatic N) is 4. The van der Waals surface area contributed by atoms with Crippen LogP contribution in [-0.2, 0) is 30.7 Å². The highest BCUT2D eigenvalue weighted by Crippen LogP contribution is 2.28. The fourth-order valence-corrected chi connectivity index (χ4v) is 4.49. The number of aryl methyl sites for hydroxylation is 2. The second-order valence-electron chi connectivity index (χ2n) is 6.75. The average Bonchev–Trinajstić information content (AvgIpc) is 3.38. The standard InChI is InChI=1S/C17H23N5O3S/c1-22(10-15-19-11-5-2-3-7-13(11)26-15)17(23)18-9-14-20-16(25-21-14)12-6-4-8-24-12/h12H,2-10H2,1H3,(H,18,23). The lowest BCUT2D eigenvalue weighted by atomic mass is 10.0. The van der Waals surface area contributed by atoms with Crippen molar-refractivity contribution in [1.29, 1.82) is 0 Å². The van der Waals surface area contributed by atoms with Crippen LogP contribution in [0.15, 0.2) is 4.52 Å². The number of aromatic nitrogens is 3. The topological polar surface area (TPSA) is 93.4 Å². The Hall–Kier alpha value is -2.00. The number of thiazole rings is 1. The molecule has 0 bridgehead atoms. The minimum Gasteiger partial charge on any atom is -0.368 e. The summed E-state index contributed by atoms with van der Waals surface area (Å²) in [5.74, 6) is 0.954. The first kappa shape index (κ1) is 17.4. The maximum atomic E-state index is 12.3. The molecule has 2 aromatic rings. The molecule has 4 rings (SSSR count). The van der Waals surface area contributed by atoms with Gasteiger partial charge in [0.1, 0.15) is 11.1 Å². The molecule has 1 N–H and O–H groups in total. The fraction of sp³-hybridized carbons (Fsp3) is 0.647. The van der Waals surface area contributed by atoms with E-state index in [-0.39, 0.29) is 18.7 Å². The number of carbonyl (C=O) groups is 1. The smallest absolute Gasteiger partial charge is 0.317 e. The van der Waals surface area contributed by atoms with Gasteiger partial charge in [-0.2, -0.15) is 4.98 Å². The normalized spacial score (nSPS) is 19.3.